The summed E-state index contributed by atoms with van der Waals surface area (Å²) in [6.45, 7) is 3.68. The van der Waals surface area contributed by atoms with E-state index in [1.54, 1.807) is 36.4 Å². The van der Waals surface area contributed by atoms with Gasteiger partial charge in [0.15, 0.2) is 0 Å². The number of halogens is 1. The molecule has 2 aliphatic heterocycles. The van der Waals surface area contributed by atoms with Crippen molar-refractivity contribution < 1.29 is 18.4 Å². The van der Waals surface area contributed by atoms with Crippen LogP contribution in [-0.2, 0) is 4.79 Å². The fourth-order valence-electron chi connectivity index (χ4n) is 4.28. The summed E-state index contributed by atoms with van der Waals surface area (Å²) in [5.41, 5.74) is 2.74. The van der Waals surface area contributed by atoms with Crippen molar-refractivity contribution in [3.05, 3.63) is 77.3 Å². The highest BCUT2D eigenvalue weighted by atomic mass is 19.1. The number of hydrogen-bond acceptors (Lipinski definition) is 4. The van der Waals surface area contributed by atoms with Gasteiger partial charge in [-0.05, 0) is 74.5 Å². The molecule has 0 spiro atoms. The van der Waals surface area contributed by atoms with Crippen molar-refractivity contribution in [2.45, 2.75) is 12.8 Å². The van der Waals surface area contributed by atoms with E-state index in [0.717, 1.165) is 25.2 Å². The van der Waals surface area contributed by atoms with Crippen molar-refractivity contribution in [2.75, 3.05) is 31.5 Å². The number of anilines is 1. The summed E-state index contributed by atoms with van der Waals surface area (Å²) in [5, 5.41) is 5.71. The van der Waals surface area contributed by atoms with Crippen molar-refractivity contribution in [3.63, 3.8) is 0 Å². The molecule has 33 heavy (non-hydrogen) atoms. The number of fused-ring (bicyclic) bond motifs is 1. The molecule has 2 aliphatic rings. The number of carbonyl (C=O) groups is 2. The van der Waals surface area contributed by atoms with Gasteiger partial charge >= 0.3 is 0 Å². The largest absolute Gasteiger partial charge is 0.457 e. The van der Waals surface area contributed by atoms with Gasteiger partial charge in [-0.15, -0.1) is 0 Å². The number of nitrogens with zero attached hydrogens (tertiary/aromatic N) is 1. The Morgan fingerprint density at radius 3 is 2.82 bits per heavy atom. The smallest absolute Gasteiger partial charge is 0.256 e. The van der Waals surface area contributed by atoms with Gasteiger partial charge in [0.05, 0.1) is 5.57 Å². The lowest BCUT2D eigenvalue weighted by Crippen LogP contribution is -2.33. The lowest BCUT2D eigenvalue weighted by atomic mass is 10.1. The maximum Gasteiger partial charge on any atom is 0.256 e. The van der Waals surface area contributed by atoms with E-state index in [2.05, 4.69) is 15.5 Å². The van der Waals surface area contributed by atoms with E-state index >= 15 is 0 Å². The molecule has 7 heteroatoms. The lowest BCUT2D eigenvalue weighted by Gasteiger charge is -2.14. The summed E-state index contributed by atoms with van der Waals surface area (Å²) in [6.07, 6.45) is 4.05. The Kier molecular flexibility index (Phi) is 5.79. The summed E-state index contributed by atoms with van der Waals surface area (Å²) in [4.78, 5) is 27.2. The zero-order valence-corrected chi connectivity index (χ0v) is 18.1. The highest BCUT2D eigenvalue weighted by Crippen LogP contribution is 2.34. The first kappa shape index (κ1) is 21.2. The van der Waals surface area contributed by atoms with Crippen LogP contribution in [0.2, 0.25) is 0 Å². The fourth-order valence-corrected chi connectivity index (χ4v) is 4.28. The third kappa shape index (κ3) is 4.59. The van der Waals surface area contributed by atoms with E-state index in [9.17, 15) is 14.0 Å². The van der Waals surface area contributed by atoms with Crippen molar-refractivity contribution in [1.29, 1.82) is 0 Å². The van der Waals surface area contributed by atoms with Crippen LogP contribution in [0.4, 0.5) is 10.1 Å². The summed E-state index contributed by atoms with van der Waals surface area (Å²) in [5.74, 6) is 0.207. The van der Waals surface area contributed by atoms with Crippen molar-refractivity contribution in [3.8, 4) is 11.3 Å². The van der Waals surface area contributed by atoms with Crippen molar-refractivity contribution >= 4 is 29.2 Å². The number of furan rings is 1. The average molecular weight is 445 g/mol. The second kappa shape index (κ2) is 9.03. The van der Waals surface area contributed by atoms with E-state index in [-0.39, 0.29) is 11.8 Å². The van der Waals surface area contributed by atoms with Gasteiger partial charge < -0.3 is 20.0 Å². The highest BCUT2D eigenvalue weighted by Gasteiger charge is 2.25. The second-order valence-electron chi connectivity index (χ2n) is 8.29. The SMILES string of the molecule is O=C1Nc2ccc(F)cc2C1=Cc1ccc(-c2cccc(C(=O)NCCN3CCCC3)c2)o1. The molecule has 0 unspecified atom stereocenters. The number of likely N-dealkylation sites (tertiary alicyclic amines) is 1. The molecule has 1 aromatic heterocycles. The molecule has 168 valence electrons. The van der Waals surface area contributed by atoms with Crippen LogP contribution < -0.4 is 10.6 Å². The Labute approximate surface area is 191 Å². The number of rotatable bonds is 6. The number of nitrogens with one attached hydrogen (secondary N) is 2. The minimum Gasteiger partial charge on any atom is -0.457 e. The Balaban J connectivity index is 1.30. The third-order valence-corrected chi connectivity index (χ3v) is 6.00. The maximum absolute atomic E-state index is 13.7. The van der Waals surface area contributed by atoms with Crippen LogP contribution in [-0.4, -0.2) is 42.9 Å². The van der Waals surface area contributed by atoms with Crippen molar-refractivity contribution in [1.82, 2.24) is 10.2 Å². The highest BCUT2D eigenvalue weighted by molar-refractivity contribution is 6.34. The number of amides is 2. The van der Waals surface area contributed by atoms with Crippen LogP contribution in [0.5, 0.6) is 0 Å². The lowest BCUT2D eigenvalue weighted by molar-refractivity contribution is -0.110. The van der Waals surface area contributed by atoms with Crippen LogP contribution in [0.3, 0.4) is 0 Å². The number of hydrogen-bond donors (Lipinski definition) is 2. The first-order valence-corrected chi connectivity index (χ1v) is 11.1. The molecule has 5 rings (SSSR count). The van der Waals surface area contributed by atoms with Gasteiger partial charge in [-0.2, -0.15) is 0 Å². The molecule has 2 amide bonds. The summed E-state index contributed by atoms with van der Waals surface area (Å²) in [6, 6.07) is 14.9. The Morgan fingerprint density at radius 2 is 1.97 bits per heavy atom. The summed E-state index contributed by atoms with van der Waals surface area (Å²) < 4.78 is 19.6. The molecule has 3 aromatic rings. The predicted octanol–water partition coefficient (Wildman–Crippen LogP) is 4.40. The number of benzene rings is 2. The molecule has 1 fully saturated rings. The molecule has 0 saturated carbocycles. The molecule has 2 aromatic carbocycles. The fraction of sp³-hybridized carbons (Fsp3) is 0.231. The molecular weight excluding hydrogens is 421 g/mol. The van der Waals surface area contributed by atoms with Gasteiger partial charge in [-0.1, -0.05) is 12.1 Å². The van der Waals surface area contributed by atoms with E-state index in [0.29, 0.717) is 40.5 Å². The molecule has 0 aliphatic carbocycles. The normalized spacial score (nSPS) is 16.8. The molecule has 1 saturated heterocycles. The molecule has 0 radical (unpaired) electrons. The van der Waals surface area contributed by atoms with Crippen LogP contribution in [0, 0.1) is 5.82 Å². The Hall–Kier alpha value is -3.71. The zero-order chi connectivity index (χ0) is 22.8. The molecule has 2 N–H and O–H groups in total. The Bertz CT molecular complexity index is 1240. The topological polar surface area (TPSA) is 74.6 Å². The van der Waals surface area contributed by atoms with E-state index < -0.39 is 5.82 Å². The molecule has 3 heterocycles. The molecule has 0 atom stereocenters. The first-order valence-electron chi connectivity index (χ1n) is 11.1. The maximum atomic E-state index is 13.7. The van der Waals surface area contributed by atoms with Crippen molar-refractivity contribution in [2.24, 2.45) is 0 Å². The second-order valence-corrected chi connectivity index (χ2v) is 8.29. The third-order valence-electron chi connectivity index (χ3n) is 6.00. The number of carbonyl (C=O) groups excluding carboxylic acids is 2. The summed E-state index contributed by atoms with van der Waals surface area (Å²) >= 11 is 0. The van der Waals surface area contributed by atoms with Gasteiger partial charge in [-0.25, -0.2) is 4.39 Å². The van der Waals surface area contributed by atoms with Gasteiger partial charge in [0.2, 0.25) is 0 Å². The van der Waals surface area contributed by atoms with Gasteiger partial charge in [0, 0.05) is 35.5 Å². The molecular formula is C26H24FN3O3. The molecule has 0 bridgehead atoms. The predicted molar refractivity (Wildman–Crippen MR) is 125 cm³/mol. The quantitative estimate of drug-likeness (QED) is 0.552. The van der Waals surface area contributed by atoms with E-state index in [4.69, 9.17) is 4.42 Å². The monoisotopic (exact) mass is 445 g/mol. The first-order chi connectivity index (χ1) is 16.1. The molecule has 6 nitrogen and oxygen atoms in total. The minimum atomic E-state index is -0.410. The minimum absolute atomic E-state index is 0.119. The standard InChI is InChI=1S/C26H24FN3O3/c27-19-6-8-23-21(15-19)22(26(32)29-23)16-20-7-9-24(33-20)17-4-3-5-18(14-17)25(31)28-10-13-30-11-1-2-12-30/h3-9,14-16H,1-2,10-13H2,(H,28,31)(H,29,32). The van der Waals surface area contributed by atoms with E-state index in [1.165, 1.54) is 25.0 Å². The van der Waals surface area contributed by atoms with Gasteiger partial charge in [0.1, 0.15) is 17.3 Å². The Morgan fingerprint density at radius 1 is 1.12 bits per heavy atom. The van der Waals surface area contributed by atoms with Crippen LogP contribution in [0.1, 0.15) is 34.5 Å². The van der Waals surface area contributed by atoms with Gasteiger partial charge in [0.25, 0.3) is 11.8 Å². The van der Waals surface area contributed by atoms with Crippen LogP contribution in [0.25, 0.3) is 23.0 Å². The van der Waals surface area contributed by atoms with Gasteiger partial charge in [-0.3, -0.25) is 9.59 Å². The van der Waals surface area contributed by atoms with Crippen LogP contribution >= 0.6 is 0 Å². The average Bonchev–Trinajstić information content (AvgIpc) is 3.56. The zero-order valence-electron chi connectivity index (χ0n) is 18.1. The summed E-state index contributed by atoms with van der Waals surface area (Å²) in [7, 11) is 0. The van der Waals surface area contributed by atoms with Crippen LogP contribution in [0.15, 0.2) is 59.0 Å². The van der Waals surface area contributed by atoms with E-state index in [1.807, 2.05) is 12.1 Å².